The van der Waals surface area contributed by atoms with Crippen molar-refractivity contribution in [3.63, 3.8) is 0 Å². The van der Waals surface area contributed by atoms with Crippen molar-refractivity contribution >= 4 is 15.9 Å². The van der Waals surface area contributed by atoms with Crippen LogP contribution in [0, 0.1) is 0 Å². The van der Waals surface area contributed by atoms with Crippen LogP contribution in [-0.2, 0) is 6.54 Å². The summed E-state index contributed by atoms with van der Waals surface area (Å²) in [6, 6.07) is 4.17. The summed E-state index contributed by atoms with van der Waals surface area (Å²) >= 11 is 3.57. The molecule has 1 aliphatic rings. The third-order valence-corrected chi connectivity index (χ3v) is 4.59. The lowest BCUT2D eigenvalue weighted by Crippen LogP contribution is -2.38. The molecule has 1 aromatic carbocycles. The minimum Gasteiger partial charge on any atom is -0.493 e. The molecule has 0 aromatic heterocycles. The number of rotatable bonds is 6. The van der Waals surface area contributed by atoms with Crippen molar-refractivity contribution in [1.29, 1.82) is 0 Å². The lowest BCUT2D eigenvalue weighted by atomic mass is 10.0. The molecule has 1 N–H and O–H groups in total. The lowest BCUT2D eigenvalue weighted by molar-refractivity contribution is 0.308. The predicted octanol–water partition coefficient (Wildman–Crippen LogP) is 4.28. The summed E-state index contributed by atoms with van der Waals surface area (Å²) in [6.07, 6.45) is 5.20. The minimum atomic E-state index is 0.290. The maximum absolute atomic E-state index is 5.62. The van der Waals surface area contributed by atoms with Crippen LogP contribution >= 0.6 is 15.9 Å². The second kappa shape index (κ2) is 6.81. The molecule has 0 unspecified atom stereocenters. The third-order valence-electron chi connectivity index (χ3n) is 4.00. The van der Waals surface area contributed by atoms with Crippen molar-refractivity contribution in [3.8, 4) is 11.5 Å². The number of ether oxygens (including phenoxy) is 2. The molecule has 0 bridgehead atoms. The van der Waals surface area contributed by atoms with Gasteiger partial charge < -0.3 is 14.8 Å². The van der Waals surface area contributed by atoms with Crippen molar-refractivity contribution in [2.75, 3.05) is 13.7 Å². The Labute approximate surface area is 130 Å². The second-order valence-corrected chi connectivity index (χ2v) is 6.52. The Hall–Kier alpha value is -0.740. The van der Waals surface area contributed by atoms with E-state index in [9.17, 15) is 0 Å². The molecule has 1 aliphatic carbocycles. The first kappa shape index (κ1) is 15.6. The summed E-state index contributed by atoms with van der Waals surface area (Å²) in [5.41, 5.74) is 1.50. The number of hydrogen-bond acceptors (Lipinski definition) is 3. The average molecular weight is 342 g/mol. The van der Waals surface area contributed by atoms with Crippen LogP contribution in [0.5, 0.6) is 11.5 Å². The molecule has 1 fully saturated rings. The standard InChI is InChI=1S/C16H24BrNO2/c1-4-20-15-13(17)9-12(10-14(15)19-3)11-18-16(2)7-5-6-8-16/h9-10,18H,4-8,11H2,1-3H3. The molecule has 1 saturated carbocycles. The van der Waals surface area contributed by atoms with Gasteiger partial charge in [-0.25, -0.2) is 0 Å². The molecule has 0 aliphatic heterocycles. The highest BCUT2D eigenvalue weighted by Crippen LogP contribution is 2.37. The maximum atomic E-state index is 5.62. The van der Waals surface area contributed by atoms with E-state index in [1.807, 2.05) is 6.92 Å². The van der Waals surface area contributed by atoms with E-state index >= 15 is 0 Å². The molecule has 0 amide bonds. The van der Waals surface area contributed by atoms with Gasteiger partial charge in [-0.15, -0.1) is 0 Å². The van der Waals surface area contributed by atoms with Crippen molar-refractivity contribution in [3.05, 3.63) is 22.2 Å². The Balaban J connectivity index is 2.10. The van der Waals surface area contributed by atoms with E-state index in [2.05, 4.69) is 40.3 Å². The van der Waals surface area contributed by atoms with Crippen LogP contribution in [-0.4, -0.2) is 19.3 Å². The van der Waals surface area contributed by atoms with E-state index in [-0.39, 0.29) is 5.54 Å². The fraction of sp³-hybridized carbons (Fsp3) is 0.625. The monoisotopic (exact) mass is 341 g/mol. The van der Waals surface area contributed by atoms with Gasteiger partial charge in [-0.05, 0) is 60.3 Å². The van der Waals surface area contributed by atoms with Crippen LogP contribution in [0.4, 0.5) is 0 Å². The third kappa shape index (κ3) is 3.67. The molecule has 0 heterocycles. The zero-order valence-corrected chi connectivity index (χ0v) is 14.2. The van der Waals surface area contributed by atoms with E-state index in [4.69, 9.17) is 9.47 Å². The van der Waals surface area contributed by atoms with Crippen LogP contribution in [0.2, 0.25) is 0 Å². The zero-order valence-electron chi connectivity index (χ0n) is 12.6. The van der Waals surface area contributed by atoms with Gasteiger partial charge in [0, 0.05) is 12.1 Å². The smallest absolute Gasteiger partial charge is 0.175 e. The number of nitrogens with one attached hydrogen (secondary N) is 1. The highest BCUT2D eigenvalue weighted by atomic mass is 79.9. The lowest BCUT2D eigenvalue weighted by Gasteiger charge is -2.25. The Bertz CT molecular complexity index is 456. The molecular formula is C16H24BrNO2. The second-order valence-electron chi connectivity index (χ2n) is 5.66. The van der Waals surface area contributed by atoms with E-state index in [0.717, 1.165) is 22.5 Å². The highest BCUT2D eigenvalue weighted by molar-refractivity contribution is 9.10. The fourth-order valence-corrected chi connectivity index (χ4v) is 3.41. The van der Waals surface area contributed by atoms with Gasteiger partial charge in [0.15, 0.2) is 11.5 Å². The van der Waals surface area contributed by atoms with Crippen LogP contribution in [0.25, 0.3) is 0 Å². The van der Waals surface area contributed by atoms with Crippen molar-refractivity contribution in [1.82, 2.24) is 5.32 Å². The first-order valence-electron chi connectivity index (χ1n) is 7.32. The van der Waals surface area contributed by atoms with Gasteiger partial charge in [0.25, 0.3) is 0 Å². The Morgan fingerprint density at radius 2 is 2.00 bits per heavy atom. The van der Waals surface area contributed by atoms with Crippen LogP contribution in [0.3, 0.4) is 0 Å². The molecule has 20 heavy (non-hydrogen) atoms. The number of benzene rings is 1. The summed E-state index contributed by atoms with van der Waals surface area (Å²) in [6.45, 7) is 5.78. The summed E-state index contributed by atoms with van der Waals surface area (Å²) in [5.74, 6) is 1.57. The molecule has 4 heteroatoms. The number of halogens is 1. The number of methoxy groups -OCH3 is 1. The van der Waals surface area contributed by atoms with Crippen molar-refractivity contribution in [2.45, 2.75) is 51.6 Å². The SMILES string of the molecule is CCOc1c(Br)cc(CNC2(C)CCCC2)cc1OC. The van der Waals surface area contributed by atoms with E-state index in [1.54, 1.807) is 7.11 Å². The quantitative estimate of drug-likeness (QED) is 0.837. The molecule has 3 nitrogen and oxygen atoms in total. The van der Waals surface area contributed by atoms with Crippen molar-refractivity contribution < 1.29 is 9.47 Å². The minimum absolute atomic E-state index is 0.290. The van der Waals surface area contributed by atoms with Gasteiger partial charge in [0.2, 0.25) is 0 Å². The summed E-state index contributed by atoms with van der Waals surface area (Å²) < 4.78 is 12.0. The Morgan fingerprint density at radius 1 is 1.30 bits per heavy atom. The van der Waals surface area contributed by atoms with Gasteiger partial charge in [0.1, 0.15) is 0 Å². The average Bonchev–Trinajstić information content (AvgIpc) is 2.86. The summed E-state index contributed by atoms with van der Waals surface area (Å²) in [5, 5.41) is 3.69. The van der Waals surface area contributed by atoms with Gasteiger partial charge in [-0.3, -0.25) is 0 Å². The maximum Gasteiger partial charge on any atom is 0.175 e. The Morgan fingerprint density at radius 3 is 2.60 bits per heavy atom. The van der Waals surface area contributed by atoms with Crippen molar-refractivity contribution in [2.24, 2.45) is 0 Å². The molecule has 0 spiro atoms. The first-order chi connectivity index (χ1) is 9.58. The van der Waals surface area contributed by atoms with Gasteiger partial charge in [-0.2, -0.15) is 0 Å². The van der Waals surface area contributed by atoms with Crippen LogP contribution in [0.15, 0.2) is 16.6 Å². The number of hydrogen-bond donors (Lipinski definition) is 1. The van der Waals surface area contributed by atoms with Gasteiger partial charge in [0.05, 0.1) is 18.2 Å². The molecule has 0 radical (unpaired) electrons. The van der Waals surface area contributed by atoms with Gasteiger partial charge in [-0.1, -0.05) is 12.8 Å². The molecule has 2 rings (SSSR count). The highest BCUT2D eigenvalue weighted by Gasteiger charge is 2.27. The normalized spacial score (nSPS) is 17.2. The topological polar surface area (TPSA) is 30.5 Å². The zero-order chi connectivity index (χ0) is 14.6. The fourth-order valence-electron chi connectivity index (χ4n) is 2.81. The van der Waals surface area contributed by atoms with Crippen LogP contribution < -0.4 is 14.8 Å². The van der Waals surface area contributed by atoms with Crippen LogP contribution in [0.1, 0.15) is 45.1 Å². The molecule has 0 saturated heterocycles. The van der Waals surface area contributed by atoms with E-state index < -0.39 is 0 Å². The first-order valence-corrected chi connectivity index (χ1v) is 8.11. The molecule has 0 atom stereocenters. The molecular weight excluding hydrogens is 318 g/mol. The summed E-state index contributed by atoms with van der Waals surface area (Å²) in [7, 11) is 1.68. The molecule has 112 valence electrons. The predicted molar refractivity (Wildman–Crippen MR) is 85.6 cm³/mol. The summed E-state index contributed by atoms with van der Waals surface area (Å²) in [4.78, 5) is 0. The van der Waals surface area contributed by atoms with E-state index in [1.165, 1.54) is 31.2 Å². The molecule has 1 aromatic rings. The van der Waals surface area contributed by atoms with E-state index in [0.29, 0.717) is 6.61 Å². The Kier molecular flexibility index (Phi) is 5.33. The largest absolute Gasteiger partial charge is 0.493 e. The van der Waals surface area contributed by atoms with Gasteiger partial charge >= 0.3 is 0 Å².